The summed E-state index contributed by atoms with van der Waals surface area (Å²) in [6.07, 6.45) is 5.51. The maximum Gasteiger partial charge on any atom is 0.228 e. The van der Waals surface area contributed by atoms with Crippen molar-refractivity contribution in [2.24, 2.45) is 5.92 Å². The highest BCUT2D eigenvalue weighted by Gasteiger charge is 2.23. The summed E-state index contributed by atoms with van der Waals surface area (Å²) in [4.78, 5) is 17.5. The van der Waals surface area contributed by atoms with E-state index < -0.39 is 0 Å². The Hall–Kier alpha value is -2.43. The fourth-order valence-corrected chi connectivity index (χ4v) is 3.83. The number of anilines is 1. The van der Waals surface area contributed by atoms with Crippen LogP contribution in [0.25, 0.3) is 21.9 Å². The lowest BCUT2D eigenvalue weighted by atomic mass is 9.89. The molecule has 0 atom stereocenters. The molecule has 1 N–H and O–H groups in total. The zero-order chi connectivity index (χ0) is 17.4. The summed E-state index contributed by atoms with van der Waals surface area (Å²) in [5.74, 6) is 0.862. The number of hydrogen-bond donors (Lipinski definition) is 1. The summed E-state index contributed by atoms with van der Waals surface area (Å²) >= 11 is 0. The number of amides is 1. The Balaban J connectivity index is 1.77. The first kappa shape index (κ1) is 16.1. The van der Waals surface area contributed by atoms with E-state index >= 15 is 0 Å². The van der Waals surface area contributed by atoms with Gasteiger partial charge in [0.15, 0.2) is 11.5 Å². The summed E-state index contributed by atoms with van der Waals surface area (Å²) in [5, 5.41) is 9.70. The number of para-hydroxylation sites is 1. The molecule has 1 aromatic carbocycles. The minimum Gasteiger partial charge on any atom is -0.308 e. The number of hydrogen-bond acceptors (Lipinski definition) is 3. The molecular formula is C20H24N4O. The van der Waals surface area contributed by atoms with Gasteiger partial charge >= 0.3 is 0 Å². The Labute approximate surface area is 147 Å². The maximum absolute atomic E-state index is 12.6. The molecule has 2 heterocycles. The van der Waals surface area contributed by atoms with Crippen LogP contribution in [-0.4, -0.2) is 20.7 Å². The van der Waals surface area contributed by atoms with E-state index in [2.05, 4.69) is 35.5 Å². The van der Waals surface area contributed by atoms with Crippen LogP contribution < -0.4 is 5.32 Å². The normalized spacial score (nSPS) is 15.8. The first-order valence-corrected chi connectivity index (χ1v) is 9.25. The molecule has 0 bridgehead atoms. The van der Waals surface area contributed by atoms with Gasteiger partial charge in [-0.3, -0.25) is 4.79 Å². The minimum atomic E-state index is 0.103. The third kappa shape index (κ3) is 2.88. The van der Waals surface area contributed by atoms with Crippen molar-refractivity contribution in [3.8, 4) is 0 Å². The van der Waals surface area contributed by atoms with Gasteiger partial charge in [-0.2, -0.15) is 5.10 Å². The average Bonchev–Trinajstić information content (AvgIpc) is 2.98. The quantitative estimate of drug-likeness (QED) is 0.769. The molecule has 1 amide bonds. The maximum atomic E-state index is 12.6. The van der Waals surface area contributed by atoms with Crippen molar-refractivity contribution >= 4 is 33.7 Å². The third-order valence-electron chi connectivity index (χ3n) is 5.26. The first-order valence-electron chi connectivity index (χ1n) is 9.25. The van der Waals surface area contributed by atoms with Crippen molar-refractivity contribution < 1.29 is 4.79 Å². The molecule has 0 aliphatic heterocycles. The van der Waals surface area contributed by atoms with Gasteiger partial charge in [0.25, 0.3) is 0 Å². The molecule has 0 unspecified atom stereocenters. The first-order chi connectivity index (χ1) is 12.2. The molecule has 1 aliphatic carbocycles. The van der Waals surface area contributed by atoms with E-state index in [4.69, 9.17) is 4.98 Å². The van der Waals surface area contributed by atoms with E-state index in [9.17, 15) is 4.79 Å². The lowest BCUT2D eigenvalue weighted by molar-refractivity contribution is -0.120. The van der Waals surface area contributed by atoms with Gasteiger partial charge in [0.05, 0.1) is 10.9 Å². The highest BCUT2D eigenvalue weighted by atomic mass is 16.2. The fourth-order valence-electron chi connectivity index (χ4n) is 3.83. The second kappa shape index (κ2) is 6.47. The van der Waals surface area contributed by atoms with Crippen LogP contribution in [0.4, 0.5) is 5.82 Å². The Kier molecular flexibility index (Phi) is 4.15. The van der Waals surface area contributed by atoms with E-state index in [1.165, 1.54) is 6.42 Å². The number of nitrogens with zero attached hydrogens (tertiary/aromatic N) is 3. The molecule has 130 valence electrons. The number of carbonyl (C=O) groups is 1. The Bertz CT molecular complexity index is 938. The van der Waals surface area contributed by atoms with E-state index in [1.54, 1.807) is 0 Å². The largest absolute Gasteiger partial charge is 0.308 e. The molecule has 1 saturated carbocycles. The van der Waals surface area contributed by atoms with Crippen molar-refractivity contribution in [2.45, 2.75) is 52.5 Å². The molecule has 1 aliphatic rings. The minimum absolute atomic E-state index is 0.103. The van der Waals surface area contributed by atoms with Gasteiger partial charge in [0.1, 0.15) is 0 Å². The number of pyridine rings is 1. The topological polar surface area (TPSA) is 59.8 Å². The van der Waals surface area contributed by atoms with Crippen molar-refractivity contribution in [1.29, 1.82) is 0 Å². The van der Waals surface area contributed by atoms with Gasteiger partial charge in [-0.15, -0.1) is 0 Å². The molecule has 5 nitrogen and oxygen atoms in total. The predicted molar refractivity (Wildman–Crippen MR) is 101 cm³/mol. The SMILES string of the molecule is CCn1nc(NC(=O)C2CCCCC2)c2cc3cccc(C)c3nc21. The van der Waals surface area contributed by atoms with Gasteiger partial charge in [0.2, 0.25) is 5.91 Å². The van der Waals surface area contributed by atoms with Gasteiger partial charge < -0.3 is 5.32 Å². The molecule has 1 fully saturated rings. The zero-order valence-corrected chi connectivity index (χ0v) is 14.9. The van der Waals surface area contributed by atoms with Crippen LogP contribution in [-0.2, 0) is 11.3 Å². The van der Waals surface area contributed by atoms with Crippen LogP contribution >= 0.6 is 0 Å². The summed E-state index contributed by atoms with van der Waals surface area (Å²) in [6, 6.07) is 8.26. The van der Waals surface area contributed by atoms with Gasteiger partial charge in [-0.05, 0) is 38.3 Å². The summed E-state index contributed by atoms with van der Waals surface area (Å²) in [5.41, 5.74) is 2.98. The summed E-state index contributed by atoms with van der Waals surface area (Å²) in [6.45, 7) is 4.84. The Morgan fingerprint density at radius 2 is 2.08 bits per heavy atom. The average molecular weight is 336 g/mol. The van der Waals surface area contributed by atoms with Crippen LogP contribution in [0, 0.1) is 12.8 Å². The van der Waals surface area contributed by atoms with E-state index in [1.807, 2.05) is 17.7 Å². The highest BCUT2D eigenvalue weighted by Crippen LogP contribution is 2.29. The van der Waals surface area contributed by atoms with Crippen LogP contribution in [0.2, 0.25) is 0 Å². The number of aryl methyl sites for hydroxylation is 2. The summed E-state index contributed by atoms with van der Waals surface area (Å²) in [7, 11) is 0. The second-order valence-corrected chi connectivity index (χ2v) is 6.99. The lowest BCUT2D eigenvalue weighted by Crippen LogP contribution is -2.25. The molecule has 5 heteroatoms. The fraction of sp³-hybridized carbons (Fsp3) is 0.450. The Morgan fingerprint density at radius 3 is 2.84 bits per heavy atom. The number of benzene rings is 1. The zero-order valence-electron chi connectivity index (χ0n) is 14.9. The molecule has 3 aromatic rings. The standard InChI is InChI=1S/C20H24N4O/c1-3-24-19-16(12-15-11-7-8-13(2)17(15)21-19)18(23-24)22-20(25)14-9-5-4-6-10-14/h7-8,11-12,14H,3-6,9-10H2,1-2H3,(H,22,23,25). The Morgan fingerprint density at radius 1 is 1.28 bits per heavy atom. The predicted octanol–water partition coefficient (Wildman–Crippen LogP) is 4.43. The number of aromatic nitrogens is 3. The molecule has 0 radical (unpaired) electrons. The molecule has 0 spiro atoms. The van der Waals surface area contributed by atoms with Crippen LogP contribution in [0.1, 0.15) is 44.6 Å². The van der Waals surface area contributed by atoms with Crippen molar-refractivity contribution in [2.75, 3.05) is 5.32 Å². The van der Waals surface area contributed by atoms with Gasteiger partial charge in [0, 0.05) is 17.8 Å². The smallest absolute Gasteiger partial charge is 0.228 e. The monoisotopic (exact) mass is 336 g/mol. The molecule has 25 heavy (non-hydrogen) atoms. The van der Waals surface area contributed by atoms with Gasteiger partial charge in [-0.1, -0.05) is 37.5 Å². The van der Waals surface area contributed by atoms with Crippen molar-refractivity contribution in [1.82, 2.24) is 14.8 Å². The van der Waals surface area contributed by atoms with Gasteiger partial charge in [-0.25, -0.2) is 9.67 Å². The van der Waals surface area contributed by atoms with Crippen LogP contribution in [0.3, 0.4) is 0 Å². The highest BCUT2D eigenvalue weighted by molar-refractivity contribution is 6.03. The number of fused-ring (bicyclic) bond motifs is 2. The van der Waals surface area contributed by atoms with E-state index in [-0.39, 0.29) is 11.8 Å². The number of carbonyl (C=O) groups excluding carboxylic acids is 1. The van der Waals surface area contributed by atoms with E-state index in [0.29, 0.717) is 5.82 Å². The van der Waals surface area contributed by atoms with Crippen molar-refractivity contribution in [3.05, 3.63) is 29.8 Å². The third-order valence-corrected chi connectivity index (χ3v) is 5.26. The summed E-state index contributed by atoms with van der Waals surface area (Å²) < 4.78 is 1.87. The molecule has 0 saturated heterocycles. The number of nitrogens with one attached hydrogen (secondary N) is 1. The lowest BCUT2D eigenvalue weighted by Gasteiger charge is -2.20. The molecular weight excluding hydrogens is 312 g/mol. The molecule has 4 rings (SSSR count). The van der Waals surface area contributed by atoms with Crippen LogP contribution in [0.15, 0.2) is 24.3 Å². The van der Waals surface area contributed by atoms with E-state index in [0.717, 1.165) is 59.7 Å². The second-order valence-electron chi connectivity index (χ2n) is 6.99. The number of rotatable bonds is 3. The van der Waals surface area contributed by atoms with Crippen molar-refractivity contribution in [3.63, 3.8) is 0 Å². The van der Waals surface area contributed by atoms with Crippen LogP contribution in [0.5, 0.6) is 0 Å². The molecule has 2 aromatic heterocycles.